The summed E-state index contributed by atoms with van der Waals surface area (Å²) in [7, 11) is 0. The molecule has 0 aliphatic heterocycles. The van der Waals surface area contributed by atoms with Gasteiger partial charge in [-0.1, -0.05) is 6.92 Å². The molecule has 6 heteroatoms. The molecule has 5 nitrogen and oxygen atoms in total. The summed E-state index contributed by atoms with van der Waals surface area (Å²) >= 11 is 1.43. The van der Waals surface area contributed by atoms with Crippen molar-refractivity contribution in [3.8, 4) is 0 Å². The number of aliphatic hydroxyl groups excluding tert-OH is 1. The SMILES string of the molecule is CCNc1cc(SC(C)C(C)O)cc([N+](=O)[O-])c1. The fourth-order valence-corrected chi connectivity index (χ4v) is 2.39. The number of aliphatic hydroxyl groups is 1. The predicted molar refractivity (Wildman–Crippen MR) is 74.3 cm³/mol. The van der Waals surface area contributed by atoms with E-state index in [4.69, 9.17) is 0 Å². The third-order valence-electron chi connectivity index (χ3n) is 2.48. The minimum Gasteiger partial charge on any atom is -0.392 e. The van der Waals surface area contributed by atoms with E-state index in [0.717, 1.165) is 10.6 Å². The van der Waals surface area contributed by atoms with Gasteiger partial charge in [-0.3, -0.25) is 10.1 Å². The van der Waals surface area contributed by atoms with E-state index >= 15 is 0 Å². The first-order valence-electron chi connectivity index (χ1n) is 5.82. The van der Waals surface area contributed by atoms with Crippen molar-refractivity contribution in [1.29, 1.82) is 0 Å². The fourth-order valence-electron chi connectivity index (χ4n) is 1.38. The number of nitro benzene ring substituents is 1. The maximum absolute atomic E-state index is 10.8. The highest BCUT2D eigenvalue weighted by Crippen LogP contribution is 2.31. The van der Waals surface area contributed by atoms with Gasteiger partial charge in [0.1, 0.15) is 0 Å². The molecule has 0 saturated carbocycles. The van der Waals surface area contributed by atoms with Gasteiger partial charge in [0.2, 0.25) is 0 Å². The molecule has 2 N–H and O–H groups in total. The van der Waals surface area contributed by atoms with Gasteiger partial charge in [-0.05, 0) is 19.9 Å². The van der Waals surface area contributed by atoms with Gasteiger partial charge >= 0.3 is 0 Å². The molecule has 0 aromatic heterocycles. The lowest BCUT2D eigenvalue weighted by molar-refractivity contribution is -0.385. The predicted octanol–water partition coefficient (Wildman–Crippen LogP) is 2.89. The van der Waals surface area contributed by atoms with E-state index in [0.29, 0.717) is 6.54 Å². The van der Waals surface area contributed by atoms with Crippen LogP contribution >= 0.6 is 11.8 Å². The first-order chi connectivity index (χ1) is 8.43. The summed E-state index contributed by atoms with van der Waals surface area (Å²) in [5.74, 6) is 0. The highest BCUT2D eigenvalue weighted by atomic mass is 32.2. The number of nitrogens with zero attached hydrogens (tertiary/aromatic N) is 1. The van der Waals surface area contributed by atoms with Crippen LogP contribution in [0, 0.1) is 10.1 Å². The van der Waals surface area contributed by atoms with Crippen molar-refractivity contribution in [3.63, 3.8) is 0 Å². The van der Waals surface area contributed by atoms with Gasteiger partial charge in [-0.2, -0.15) is 0 Å². The summed E-state index contributed by atoms with van der Waals surface area (Å²) < 4.78 is 0. The van der Waals surface area contributed by atoms with Gasteiger partial charge in [0, 0.05) is 34.5 Å². The number of benzene rings is 1. The zero-order valence-electron chi connectivity index (χ0n) is 10.7. The van der Waals surface area contributed by atoms with Crippen LogP contribution in [0.15, 0.2) is 23.1 Å². The Labute approximate surface area is 111 Å². The highest BCUT2D eigenvalue weighted by Gasteiger charge is 2.14. The van der Waals surface area contributed by atoms with Gasteiger partial charge in [-0.25, -0.2) is 0 Å². The number of thioether (sulfide) groups is 1. The van der Waals surface area contributed by atoms with E-state index in [1.165, 1.54) is 23.9 Å². The molecule has 0 fully saturated rings. The number of rotatable bonds is 6. The van der Waals surface area contributed by atoms with Gasteiger partial charge in [0.05, 0.1) is 11.0 Å². The molecular weight excluding hydrogens is 252 g/mol. The van der Waals surface area contributed by atoms with E-state index in [-0.39, 0.29) is 10.9 Å². The maximum atomic E-state index is 10.8. The Kier molecular flexibility index (Phi) is 5.43. The molecule has 0 aliphatic carbocycles. The number of nitro groups is 1. The normalized spacial score (nSPS) is 14.0. The molecule has 0 heterocycles. The van der Waals surface area contributed by atoms with Crippen molar-refractivity contribution in [3.05, 3.63) is 28.3 Å². The minimum atomic E-state index is -0.461. The molecule has 100 valence electrons. The number of hydrogen-bond acceptors (Lipinski definition) is 5. The van der Waals surface area contributed by atoms with Crippen LogP contribution in [0.3, 0.4) is 0 Å². The molecule has 2 atom stereocenters. The minimum absolute atomic E-state index is 0.0125. The smallest absolute Gasteiger partial charge is 0.272 e. The number of hydrogen-bond donors (Lipinski definition) is 2. The summed E-state index contributed by atoms with van der Waals surface area (Å²) in [4.78, 5) is 11.2. The summed E-state index contributed by atoms with van der Waals surface area (Å²) in [6.45, 7) is 6.24. The summed E-state index contributed by atoms with van der Waals surface area (Å²) in [6, 6.07) is 4.91. The largest absolute Gasteiger partial charge is 0.392 e. The monoisotopic (exact) mass is 270 g/mol. The Bertz CT molecular complexity index is 424. The topological polar surface area (TPSA) is 75.4 Å². The first-order valence-corrected chi connectivity index (χ1v) is 6.70. The van der Waals surface area contributed by atoms with Crippen molar-refractivity contribution in [2.24, 2.45) is 0 Å². The lowest BCUT2D eigenvalue weighted by atomic mass is 10.3. The number of non-ortho nitro benzene ring substituents is 1. The maximum Gasteiger partial charge on any atom is 0.272 e. The Morgan fingerprint density at radius 1 is 1.44 bits per heavy atom. The van der Waals surface area contributed by atoms with Crippen LogP contribution in [0.2, 0.25) is 0 Å². The molecule has 18 heavy (non-hydrogen) atoms. The number of nitrogens with one attached hydrogen (secondary N) is 1. The van der Waals surface area contributed by atoms with Crippen molar-refractivity contribution in [2.45, 2.75) is 37.0 Å². The second kappa shape index (κ2) is 6.61. The molecule has 0 radical (unpaired) electrons. The zero-order valence-corrected chi connectivity index (χ0v) is 11.5. The van der Waals surface area contributed by atoms with E-state index in [9.17, 15) is 15.2 Å². The van der Waals surface area contributed by atoms with Gasteiger partial charge in [0.25, 0.3) is 5.69 Å². The van der Waals surface area contributed by atoms with Crippen LogP contribution in [0.25, 0.3) is 0 Å². The Morgan fingerprint density at radius 2 is 2.11 bits per heavy atom. The molecule has 0 amide bonds. The molecule has 0 aliphatic rings. The highest BCUT2D eigenvalue weighted by molar-refractivity contribution is 8.00. The van der Waals surface area contributed by atoms with E-state index in [1.807, 2.05) is 19.9 Å². The molecule has 0 bridgehead atoms. The van der Waals surface area contributed by atoms with Crippen molar-refractivity contribution >= 4 is 23.1 Å². The van der Waals surface area contributed by atoms with E-state index in [1.54, 1.807) is 6.92 Å². The molecule has 1 aromatic rings. The fraction of sp³-hybridized carbons (Fsp3) is 0.500. The third kappa shape index (κ3) is 4.19. The van der Waals surface area contributed by atoms with E-state index in [2.05, 4.69) is 5.32 Å². The third-order valence-corrected chi connectivity index (χ3v) is 3.76. The second-order valence-electron chi connectivity index (χ2n) is 4.07. The first kappa shape index (κ1) is 14.8. The zero-order chi connectivity index (χ0) is 13.7. The lowest BCUT2D eigenvalue weighted by Crippen LogP contribution is -2.14. The Balaban J connectivity index is 2.99. The molecule has 1 rings (SSSR count). The second-order valence-corrected chi connectivity index (χ2v) is 5.52. The van der Waals surface area contributed by atoms with Crippen LogP contribution in [0.1, 0.15) is 20.8 Å². The Hall–Kier alpha value is -1.27. The average Bonchev–Trinajstić information content (AvgIpc) is 2.28. The van der Waals surface area contributed by atoms with Crippen LogP contribution in [0.4, 0.5) is 11.4 Å². The molecule has 0 spiro atoms. The van der Waals surface area contributed by atoms with Crippen molar-refractivity contribution in [1.82, 2.24) is 0 Å². The molecule has 2 unspecified atom stereocenters. The van der Waals surface area contributed by atoms with E-state index < -0.39 is 11.0 Å². The molecule has 1 aromatic carbocycles. The molecular formula is C12H18N2O3S. The quantitative estimate of drug-likeness (QED) is 0.472. The van der Waals surface area contributed by atoms with Crippen LogP contribution in [-0.2, 0) is 0 Å². The van der Waals surface area contributed by atoms with Gasteiger partial charge in [-0.15, -0.1) is 11.8 Å². The summed E-state index contributed by atoms with van der Waals surface area (Å²) in [6.07, 6.45) is -0.461. The van der Waals surface area contributed by atoms with Gasteiger partial charge < -0.3 is 10.4 Å². The molecule has 0 saturated heterocycles. The standard InChI is InChI=1S/C12H18N2O3S/c1-4-13-10-5-11(14(16)17)7-12(6-10)18-9(3)8(2)15/h5-9,13,15H,4H2,1-3H3. The van der Waals surface area contributed by atoms with Crippen molar-refractivity contribution in [2.75, 3.05) is 11.9 Å². The number of anilines is 1. The van der Waals surface area contributed by atoms with Crippen LogP contribution in [0.5, 0.6) is 0 Å². The van der Waals surface area contributed by atoms with Crippen LogP contribution < -0.4 is 5.32 Å². The van der Waals surface area contributed by atoms with Gasteiger partial charge in [0.15, 0.2) is 0 Å². The summed E-state index contributed by atoms with van der Waals surface area (Å²) in [5.41, 5.74) is 0.792. The summed E-state index contributed by atoms with van der Waals surface area (Å²) in [5, 5.41) is 23.4. The Morgan fingerprint density at radius 3 is 2.61 bits per heavy atom. The lowest BCUT2D eigenvalue weighted by Gasteiger charge is -2.14. The average molecular weight is 270 g/mol. The van der Waals surface area contributed by atoms with Crippen molar-refractivity contribution < 1.29 is 10.0 Å². The van der Waals surface area contributed by atoms with Crippen LogP contribution in [-0.4, -0.2) is 27.9 Å².